The summed E-state index contributed by atoms with van der Waals surface area (Å²) in [4.78, 5) is 0. The normalized spacial score (nSPS) is 13.3. The minimum absolute atomic E-state index is 0.286. The van der Waals surface area contributed by atoms with Crippen LogP contribution in [0.25, 0.3) is 0 Å². The van der Waals surface area contributed by atoms with E-state index in [1.807, 2.05) is 37.3 Å². The predicted molar refractivity (Wildman–Crippen MR) is 56.7 cm³/mol. The lowest BCUT2D eigenvalue weighted by molar-refractivity contribution is 0.252. The first-order valence-corrected chi connectivity index (χ1v) is 4.66. The van der Waals surface area contributed by atoms with Gasteiger partial charge in [-0.2, -0.15) is 0 Å². The molecule has 1 unspecified atom stereocenters. The molecule has 13 heavy (non-hydrogen) atoms. The Morgan fingerprint density at radius 2 is 2.08 bits per heavy atom. The van der Waals surface area contributed by atoms with E-state index in [1.165, 1.54) is 5.56 Å². The maximum absolute atomic E-state index is 5.88. The Morgan fingerprint density at radius 3 is 2.62 bits per heavy atom. The SMILES string of the molecule is CC(NN(C)C)c1cccc(Cl)c1. The van der Waals surface area contributed by atoms with Crippen molar-refractivity contribution in [2.24, 2.45) is 0 Å². The number of nitrogens with zero attached hydrogens (tertiary/aromatic N) is 1. The van der Waals surface area contributed by atoms with Gasteiger partial charge in [-0.05, 0) is 24.6 Å². The van der Waals surface area contributed by atoms with Crippen LogP contribution in [-0.2, 0) is 0 Å². The Morgan fingerprint density at radius 1 is 1.38 bits per heavy atom. The quantitative estimate of drug-likeness (QED) is 0.751. The van der Waals surface area contributed by atoms with Gasteiger partial charge in [0.1, 0.15) is 0 Å². The third-order valence-electron chi connectivity index (χ3n) is 1.80. The highest BCUT2D eigenvalue weighted by Crippen LogP contribution is 2.16. The van der Waals surface area contributed by atoms with Crippen molar-refractivity contribution in [3.8, 4) is 0 Å². The molecule has 0 bridgehead atoms. The third kappa shape index (κ3) is 3.35. The summed E-state index contributed by atoms with van der Waals surface area (Å²) in [7, 11) is 3.95. The molecule has 0 heterocycles. The first kappa shape index (κ1) is 10.5. The largest absolute Gasteiger partial charge is 0.250 e. The molecule has 0 fully saturated rings. The molecule has 0 saturated carbocycles. The fourth-order valence-corrected chi connectivity index (χ4v) is 1.44. The zero-order chi connectivity index (χ0) is 9.84. The second kappa shape index (κ2) is 4.61. The summed E-state index contributed by atoms with van der Waals surface area (Å²) in [5.41, 5.74) is 4.46. The van der Waals surface area contributed by atoms with E-state index >= 15 is 0 Å². The van der Waals surface area contributed by atoms with E-state index in [-0.39, 0.29) is 6.04 Å². The van der Waals surface area contributed by atoms with Gasteiger partial charge in [0.2, 0.25) is 0 Å². The van der Waals surface area contributed by atoms with Crippen molar-refractivity contribution in [2.45, 2.75) is 13.0 Å². The number of hydrogen-bond donors (Lipinski definition) is 1. The van der Waals surface area contributed by atoms with Gasteiger partial charge in [0.05, 0.1) is 0 Å². The molecule has 0 amide bonds. The second-order valence-corrected chi connectivity index (χ2v) is 3.74. The number of halogens is 1. The molecule has 1 N–H and O–H groups in total. The molecule has 0 saturated heterocycles. The molecule has 3 heteroatoms. The number of hydrazine groups is 1. The molecule has 0 aliphatic carbocycles. The van der Waals surface area contributed by atoms with Gasteiger partial charge in [-0.1, -0.05) is 23.7 Å². The molecule has 1 aromatic rings. The lowest BCUT2D eigenvalue weighted by atomic mass is 10.1. The van der Waals surface area contributed by atoms with Crippen molar-refractivity contribution < 1.29 is 0 Å². The summed E-state index contributed by atoms with van der Waals surface area (Å²) in [6.07, 6.45) is 0. The average molecular weight is 199 g/mol. The van der Waals surface area contributed by atoms with Crippen molar-refractivity contribution in [3.05, 3.63) is 34.9 Å². The molecule has 0 aromatic heterocycles. The van der Waals surface area contributed by atoms with Gasteiger partial charge in [0.15, 0.2) is 0 Å². The predicted octanol–water partition coefficient (Wildman–Crippen LogP) is 2.47. The molecule has 0 radical (unpaired) electrons. The van der Waals surface area contributed by atoms with Gasteiger partial charge < -0.3 is 0 Å². The zero-order valence-corrected chi connectivity index (χ0v) is 8.97. The van der Waals surface area contributed by atoms with Crippen LogP contribution in [0.1, 0.15) is 18.5 Å². The Kier molecular flexibility index (Phi) is 3.72. The first-order chi connectivity index (χ1) is 6.09. The summed E-state index contributed by atoms with van der Waals surface area (Å²) < 4.78 is 0. The number of nitrogens with one attached hydrogen (secondary N) is 1. The smallest absolute Gasteiger partial charge is 0.0436 e. The highest BCUT2D eigenvalue weighted by Gasteiger charge is 2.04. The maximum atomic E-state index is 5.88. The Bertz CT molecular complexity index is 273. The third-order valence-corrected chi connectivity index (χ3v) is 2.04. The Balaban J connectivity index is 2.71. The van der Waals surface area contributed by atoms with Gasteiger partial charge in [-0.3, -0.25) is 5.01 Å². The minimum atomic E-state index is 0.286. The number of rotatable bonds is 3. The standard InChI is InChI=1S/C10H15ClN2/c1-8(12-13(2)3)9-5-4-6-10(11)7-9/h4-8,12H,1-3H3. The van der Waals surface area contributed by atoms with E-state index in [0.717, 1.165) is 5.02 Å². The lowest BCUT2D eigenvalue weighted by Crippen LogP contribution is -2.32. The van der Waals surface area contributed by atoms with E-state index in [4.69, 9.17) is 11.6 Å². The summed E-state index contributed by atoms with van der Waals surface area (Å²) in [6, 6.07) is 8.17. The highest BCUT2D eigenvalue weighted by molar-refractivity contribution is 6.30. The minimum Gasteiger partial charge on any atom is -0.250 e. The van der Waals surface area contributed by atoms with E-state index in [0.29, 0.717) is 0 Å². The monoisotopic (exact) mass is 198 g/mol. The van der Waals surface area contributed by atoms with Gasteiger partial charge in [0.25, 0.3) is 0 Å². The van der Waals surface area contributed by atoms with Crippen molar-refractivity contribution in [1.82, 2.24) is 10.4 Å². The van der Waals surface area contributed by atoms with Crippen LogP contribution in [-0.4, -0.2) is 19.1 Å². The molecule has 72 valence electrons. The van der Waals surface area contributed by atoms with Crippen molar-refractivity contribution in [2.75, 3.05) is 14.1 Å². The van der Waals surface area contributed by atoms with E-state index in [2.05, 4.69) is 18.4 Å². The van der Waals surface area contributed by atoms with Crippen LogP contribution in [0, 0.1) is 0 Å². The zero-order valence-electron chi connectivity index (χ0n) is 8.21. The maximum Gasteiger partial charge on any atom is 0.0436 e. The van der Waals surface area contributed by atoms with Crippen LogP contribution in [0.5, 0.6) is 0 Å². The lowest BCUT2D eigenvalue weighted by Gasteiger charge is -2.19. The molecule has 0 aliphatic rings. The highest BCUT2D eigenvalue weighted by atomic mass is 35.5. The van der Waals surface area contributed by atoms with Crippen molar-refractivity contribution in [3.63, 3.8) is 0 Å². The fourth-order valence-electron chi connectivity index (χ4n) is 1.24. The topological polar surface area (TPSA) is 15.3 Å². The summed E-state index contributed by atoms with van der Waals surface area (Å²) in [5, 5.41) is 2.72. The molecule has 1 rings (SSSR count). The van der Waals surface area contributed by atoms with Crippen LogP contribution in [0.15, 0.2) is 24.3 Å². The van der Waals surface area contributed by atoms with Crippen LogP contribution >= 0.6 is 11.6 Å². The summed E-state index contributed by atoms with van der Waals surface area (Å²) in [5.74, 6) is 0. The van der Waals surface area contributed by atoms with Crippen LogP contribution in [0.4, 0.5) is 0 Å². The average Bonchev–Trinajstić information content (AvgIpc) is 2.03. The van der Waals surface area contributed by atoms with Crippen LogP contribution in [0.2, 0.25) is 5.02 Å². The second-order valence-electron chi connectivity index (χ2n) is 3.30. The molecule has 0 aliphatic heterocycles. The van der Waals surface area contributed by atoms with Crippen molar-refractivity contribution in [1.29, 1.82) is 0 Å². The van der Waals surface area contributed by atoms with Gasteiger partial charge >= 0.3 is 0 Å². The van der Waals surface area contributed by atoms with Crippen LogP contribution in [0.3, 0.4) is 0 Å². The van der Waals surface area contributed by atoms with E-state index in [1.54, 1.807) is 0 Å². The Hall–Kier alpha value is -0.570. The van der Waals surface area contributed by atoms with Gasteiger partial charge in [0, 0.05) is 25.2 Å². The molecular weight excluding hydrogens is 184 g/mol. The van der Waals surface area contributed by atoms with E-state index < -0.39 is 0 Å². The molecule has 2 nitrogen and oxygen atoms in total. The fraction of sp³-hybridized carbons (Fsp3) is 0.400. The van der Waals surface area contributed by atoms with Crippen molar-refractivity contribution >= 4 is 11.6 Å². The number of benzene rings is 1. The van der Waals surface area contributed by atoms with Crippen LogP contribution < -0.4 is 5.43 Å². The summed E-state index contributed by atoms with van der Waals surface area (Å²) >= 11 is 5.88. The molecular formula is C10H15ClN2. The van der Waals surface area contributed by atoms with E-state index in [9.17, 15) is 0 Å². The Labute approximate surface area is 84.5 Å². The van der Waals surface area contributed by atoms with Gasteiger partial charge in [-0.25, -0.2) is 5.43 Å². The van der Waals surface area contributed by atoms with Gasteiger partial charge in [-0.15, -0.1) is 0 Å². The molecule has 1 aromatic carbocycles. The first-order valence-electron chi connectivity index (χ1n) is 4.28. The molecule has 0 spiro atoms. The molecule has 1 atom stereocenters. The number of hydrogen-bond acceptors (Lipinski definition) is 2. The summed E-state index contributed by atoms with van der Waals surface area (Å²) in [6.45, 7) is 2.10.